The number of hydrogen-bond acceptors (Lipinski definition) is 3. The van der Waals surface area contributed by atoms with Crippen LogP contribution in [0.3, 0.4) is 0 Å². The second kappa shape index (κ2) is 7.31. The zero-order chi connectivity index (χ0) is 17.0. The number of hydrogen-bond donors (Lipinski definition) is 0. The van der Waals surface area contributed by atoms with Gasteiger partial charge in [-0.15, -0.1) is 0 Å². The molecule has 7 heteroatoms. The molecule has 0 saturated carbocycles. The van der Waals surface area contributed by atoms with Gasteiger partial charge in [-0.3, -0.25) is 4.79 Å². The van der Waals surface area contributed by atoms with Gasteiger partial charge >= 0.3 is 6.18 Å². The monoisotopic (exact) mass is 330 g/mol. The number of ether oxygens (including phenoxy) is 1. The van der Waals surface area contributed by atoms with Crippen LogP contribution in [0.4, 0.5) is 13.2 Å². The van der Waals surface area contributed by atoms with Gasteiger partial charge in [0.1, 0.15) is 0 Å². The van der Waals surface area contributed by atoms with Crippen molar-refractivity contribution in [3.63, 3.8) is 0 Å². The topological polar surface area (TPSA) is 32.8 Å². The number of carbonyl (C=O) groups is 1. The van der Waals surface area contributed by atoms with Crippen LogP contribution in [-0.4, -0.2) is 62.1 Å². The number of benzene rings is 1. The van der Waals surface area contributed by atoms with Crippen LogP contribution in [0.25, 0.3) is 0 Å². The molecule has 1 fully saturated rings. The minimum Gasteiger partial charge on any atom is -0.374 e. The Labute approximate surface area is 133 Å². The van der Waals surface area contributed by atoms with Crippen molar-refractivity contribution >= 4 is 5.91 Å². The quantitative estimate of drug-likeness (QED) is 0.850. The summed E-state index contributed by atoms with van der Waals surface area (Å²) in [5, 5.41) is 0. The van der Waals surface area contributed by atoms with Crippen molar-refractivity contribution in [3.05, 3.63) is 35.4 Å². The van der Waals surface area contributed by atoms with Crippen LogP contribution >= 0.6 is 0 Å². The van der Waals surface area contributed by atoms with E-state index in [1.54, 1.807) is 4.90 Å². The molecule has 0 unspecified atom stereocenters. The SMILES string of the molecule is CN(C)CC[C@@H]1CN(C(=O)c2ccc(C(F)(F)F)cc2)CCO1. The minimum atomic E-state index is -4.39. The van der Waals surface area contributed by atoms with Crippen LogP contribution in [0, 0.1) is 0 Å². The first kappa shape index (κ1) is 17.7. The maximum atomic E-state index is 12.6. The van der Waals surface area contributed by atoms with Crippen LogP contribution < -0.4 is 0 Å². The van der Waals surface area contributed by atoms with E-state index in [4.69, 9.17) is 4.74 Å². The van der Waals surface area contributed by atoms with Crippen LogP contribution in [0.15, 0.2) is 24.3 Å². The third-order valence-corrected chi connectivity index (χ3v) is 3.78. The molecule has 1 heterocycles. The summed E-state index contributed by atoms with van der Waals surface area (Å²) in [5.41, 5.74) is -0.480. The summed E-state index contributed by atoms with van der Waals surface area (Å²) in [4.78, 5) is 16.1. The van der Waals surface area contributed by atoms with Crippen molar-refractivity contribution in [2.75, 3.05) is 40.3 Å². The Morgan fingerprint density at radius 2 is 1.96 bits per heavy atom. The lowest BCUT2D eigenvalue weighted by atomic mass is 10.1. The summed E-state index contributed by atoms with van der Waals surface area (Å²) in [6, 6.07) is 4.35. The molecular formula is C16H21F3N2O2. The molecule has 4 nitrogen and oxygen atoms in total. The van der Waals surface area contributed by atoms with Gasteiger partial charge in [0.25, 0.3) is 5.91 Å². The van der Waals surface area contributed by atoms with Gasteiger partial charge in [-0.2, -0.15) is 13.2 Å². The maximum absolute atomic E-state index is 12.6. The standard InChI is InChI=1S/C16H21F3N2O2/c1-20(2)8-7-14-11-21(9-10-23-14)15(22)12-3-5-13(6-4-12)16(17,18)19/h3-6,14H,7-11H2,1-2H3/t14-/m1/s1. The molecular weight excluding hydrogens is 309 g/mol. The molecule has 1 aliphatic heterocycles. The fraction of sp³-hybridized carbons (Fsp3) is 0.562. The third-order valence-electron chi connectivity index (χ3n) is 3.78. The summed E-state index contributed by atoms with van der Waals surface area (Å²) in [6.07, 6.45) is -3.62. The molecule has 0 spiro atoms. The number of nitrogens with zero attached hydrogens (tertiary/aromatic N) is 2. The molecule has 1 aliphatic rings. The molecule has 1 atom stereocenters. The zero-order valence-corrected chi connectivity index (χ0v) is 13.3. The highest BCUT2D eigenvalue weighted by Gasteiger charge is 2.31. The minimum absolute atomic E-state index is 0.0375. The van der Waals surface area contributed by atoms with Gasteiger partial charge < -0.3 is 14.5 Å². The molecule has 128 valence electrons. The van der Waals surface area contributed by atoms with Gasteiger partial charge in [0.2, 0.25) is 0 Å². The Morgan fingerprint density at radius 1 is 1.30 bits per heavy atom. The van der Waals surface area contributed by atoms with Crippen LogP contribution in [0.2, 0.25) is 0 Å². The highest BCUT2D eigenvalue weighted by atomic mass is 19.4. The number of amides is 1. The summed E-state index contributed by atoms with van der Waals surface area (Å²) < 4.78 is 43.3. The highest BCUT2D eigenvalue weighted by molar-refractivity contribution is 5.94. The van der Waals surface area contributed by atoms with Gasteiger partial charge in [0.15, 0.2) is 0 Å². The molecule has 0 bridgehead atoms. The van der Waals surface area contributed by atoms with Crippen molar-refractivity contribution < 1.29 is 22.7 Å². The molecule has 1 aromatic rings. The van der Waals surface area contributed by atoms with Crippen molar-refractivity contribution in [2.24, 2.45) is 0 Å². The van der Waals surface area contributed by atoms with Gasteiger partial charge in [0, 0.05) is 25.2 Å². The third kappa shape index (κ3) is 4.94. The van der Waals surface area contributed by atoms with E-state index in [2.05, 4.69) is 0 Å². The summed E-state index contributed by atoms with van der Waals surface area (Å²) >= 11 is 0. The van der Waals surface area contributed by atoms with Crippen molar-refractivity contribution in [1.82, 2.24) is 9.80 Å². The second-order valence-corrected chi connectivity index (χ2v) is 5.91. The van der Waals surface area contributed by atoms with Gasteiger partial charge in [-0.05, 0) is 44.8 Å². The maximum Gasteiger partial charge on any atom is 0.416 e. The molecule has 0 N–H and O–H groups in total. The summed E-state index contributed by atoms with van der Waals surface area (Å²) in [6.45, 7) is 2.23. The molecule has 0 aliphatic carbocycles. The zero-order valence-electron chi connectivity index (χ0n) is 13.3. The Bertz CT molecular complexity index is 529. The van der Waals surface area contributed by atoms with E-state index in [0.29, 0.717) is 19.7 Å². The average molecular weight is 330 g/mol. The molecule has 23 heavy (non-hydrogen) atoms. The summed E-state index contributed by atoms with van der Waals surface area (Å²) in [7, 11) is 3.93. The van der Waals surface area contributed by atoms with E-state index in [1.807, 2.05) is 19.0 Å². The normalized spacial score (nSPS) is 19.2. The van der Waals surface area contributed by atoms with Crippen molar-refractivity contribution in [2.45, 2.75) is 18.7 Å². The van der Waals surface area contributed by atoms with E-state index in [0.717, 1.165) is 25.1 Å². The van der Waals surface area contributed by atoms with Crippen LogP contribution in [-0.2, 0) is 10.9 Å². The van der Waals surface area contributed by atoms with E-state index < -0.39 is 11.7 Å². The lowest BCUT2D eigenvalue weighted by molar-refractivity contribution is -0.137. The highest BCUT2D eigenvalue weighted by Crippen LogP contribution is 2.29. The van der Waals surface area contributed by atoms with E-state index in [1.165, 1.54) is 12.1 Å². The predicted octanol–water partition coefficient (Wildman–Crippen LogP) is 2.50. The molecule has 1 saturated heterocycles. The lowest BCUT2D eigenvalue weighted by Gasteiger charge is -2.33. The lowest BCUT2D eigenvalue weighted by Crippen LogP contribution is -2.46. The average Bonchev–Trinajstić information content (AvgIpc) is 2.52. The van der Waals surface area contributed by atoms with Gasteiger partial charge in [-0.25, -0.2) is 0 Å². The van der Waals surface area contributed by atoms with Crippen LogP contribution in [0.1, 0.15) is 22.3 Å². The van der Waals surface area contributed by atoms with E-state index in [9.17, 15) is 18.0 Å². The number of alkyl halides is 3. The second-order valence-electron chi connectivity index (χ2n) is 5.91. The van der Waals surface area contributed by atoms with Crippen molar-refractivity contribution in [1.29, 1.82) is 0 Å². The molecule has 1 amide bonds. The summed E-state index contributed by atoms with van der Waals surface area (Å²) in [5.74, 6) is -0.253. The molecule has 0 radical (unpaired) electrons. The molecule has 2 rings (SSSR count). The fourth-order valence-electron chi connectivity index (χ4n) is 2.46. The van der Waals surface area contributed by atoms with Crippen LogP contribution in [0.5, 0.6) is 0 Å². The number of carbonyl (C=O) groups excluding carboxylic acids is 1. The first-order valence-corrected chi connectivity index (χ1v) is 7.50. The van der Waals surface area contributed by atoms with E-state index in [-0.39, 0.29) is 17.6 Å². The van der Waals surface area contributed by atoms with Gasteiger partial charge in [-0.1, -0.05) is 0 Å². The first-order valence-electron chi connectivity index (χ1n) is 7.50. The molecule has 1 aromatic carbocycles. The Morgan fingerprint density at radius 3 is 2.52 bits per heavy atom. The van der Waals surface area contributed by atoms with E-state index >= 15 is 0 Å². The number of morpholine rings is 1. The number of rotatable bonds is 4. The number of halogens is 3. The Hall–Kier alpha value is -1.60. The smallest absolute Gasteiger partial charge is 0.374 e. The van der Waals surface area contributed by atoms with Gasteiger partial charge in [0.05, 0.1) is 18.3 Å². The first-order chi connectivity index (χ1) is 10.8. The Kier molecular flexibility index (Phi) is 5.64. The predicted molar refractivity (Wildman–Crippen MR) is 80.3 cm³/mol. The fourth-order valence-corrected chi connectivity index (χ4v) is 2.46. The largest absolute Gasteiger partial charge is 0.416 e. The van der Waals surface area contributed by atoms with Crippen molar-refractivity contribution in [3.8, 4) is 0 Å². The molecule has 0 aromatic heterocycles. The Balaban J connectivity index is 1.99.